The summed E-state index contributed by atoms with van der Waals surface area (Å²) in [5.41, 5.74) is 6.61. The normalized spacial score (nSPS) is 10.4. The predicted octanol–water partition coefficient (Wildman–Crippen LogP) is 0.681. The number of aromatic carboxylic acids is 1. The highest BCUT2D eigenvalue weighted by Gasteiger charge is 2.18. The topological polar surface area (TPSA) is 111 Å². The molecule has 0 saturated carbocycles. The van der Waals surface area contributed by atoms with E-state index in [-0.39, 0.29) is 16.9 Å². The molecule has 2 heterocycles. The largest absolute Gasteiger partial charge is 0.478 e. The zero-order valence-electron chi connectivity index (χ0n) is 10.4. The van der Waals surface area contributed by atoms with E-state index < -0.39 is 11.9 Å². The number of carbonyl (C=O) groups excluding carboxylic acids is 1. The zero-order chi connectivity index (χ0) is 14.2. The van der Waals surface area contributed by atoms with Gasteiger partial charge in [-0.25, -0.2) is 14.5 Å². The molecule has 0 fully saturated rings. The lowest BCUT2D eigenvalue weighted by molar-refractivity contribution is 0.0695. The SMILES string of the molecule is Cc1cc(C)c(C(=O)O)c(-n2cc(C(N)=O)cn2)n1. The van der Waals surface area contributed by atoms with Gasteiger partial charge in [-0.2, -0.15) is 5.10 Å². The van der Waals surface area contributed by atoms with Gasteiger partial charge < -0.3 is 10.8 Å². The molecule has 7 nitrogen and oxygen atoms in total. The van der Waals surface area contributed by atoms with E-state index in [1.54, 1.807) is 19.9 Å². The maximum absolute atomic E-state index is 11.3. The van der Waals surface area contributed by atoms with Gasteiger partial charge in [0.2, 0.25) is 0 Å². The van der Waals surface area contributed by atoms with Crippen LogP contribution in [0.2, 0.25) is 0 Å². The molecule has 3 N–H and O–H groups in total. The highest BCUT2D eigenvalue weighted by Crippen LogP contribution is 2.18. The van der Waals surface area contributed by atoms with E-state index in [0.29, 0.717) is 11.3 Å². The van der Waals surface area contributed by atoms with Crippen LogP contribution in [0.15, 0.2) is 18.5 Å². The summed E-state index contributed by atoms with van der Waals surface area (Å²) in [5.74, 6) is -1.57. The number of nitrogens with two attached hydrogens (primary N) is 1. The highest BCUT2D eigenvalue weighted by atomic mass is 16.4. The van der Waals surface area contributed by atoms with Gasteiger partial charge in [-0.05, 0) is 25.5 Å². The van der Waals surface area contributed by atoms with E-state index in [1.807, 2.05) is 0 Å². The van der Waals surface area contributed by atoms with Crippen molar-refractivity contribution in [3.63, 3.8) is 0 Å². The number of aryl methyl sites for hydroxylation is 2. The molecule has 0 aliphatic carbocycles. The van der Waals surface area contributed by atoms with Crippen LogP contribution in [0.1, 0.15) is 32.0 Å². The fourth-order valence-corrected chi connectivity index (χ4v) is 1.81. The van der Waals surface area contributed by atoms with Gasteiger partial charge in [0.15, 0.2) is 5.82 Å². The van der Waals surface area contributed by atoms with Crippen molar-refractivity contribution in [2.45, 2.75) is 13.8 Å². The van der Waals surface area contributed by atoms with E-state index >= 15 is 0 Å². The zero-order valence-corrected chi connectivity index (χ0v) is 10.4. The Morgan fingerprint density at radius 3 is 2.58 bits per heavy atom. The predicted molar refractivity (Wildman–Crippen MR) is 66.3 cm³/mol. The molecule has 2 aromatic heterocycles. The average Bonchev–Trinajstić information content (AvgIpc) is 2.76. The first kappa shape index (κ1) is 12.7. The number of amides is 1. The van der Waals surface area contributed by atoms with Crippen molar-refractivity contribution < 1.29 is 14.7 Å². The molecule has 0 aliphatic rings. The number of nitrogens with zero attached hydrogens (tertiary/aromatic N) is 3. The summed E-state index contributed by atoms with van der Waals surface area (Å²) in [4.78, 5) is 26.5. The molecule has 0 aliphatic heterocycles. The molecule has 0 spiro atoms. The third-order valence-electron chi connectivity index (χ3n) is 2.62. The summed E-state index contributed by atoms with van der Waals surface area (Å²) >= 11 is 0. The molecule has 2 rings (SSSR count). The van der Waals surface area contributed by atoms with Gasteiger partial charge in [0, 0.05) is 11.9 Å². The Labute approximate surface area is 108 Å². The Kier molecular flexibility index (Phi) is 3.04. The van der Waals surface area contributed by atoms with Gasteiger partial charge >= 0.3 is 5.97 Å². The minimum absolute atomic E-state index is 0.0460. The van der Waals surface area contributed by atoms with Gasteiger partial charge in [-0.15, -0.1) is 0 Å². The first-order valence-corrected chi connectivity index (χ1v) is 5.46. The molecule has 2 aromatic rings. The highest BCUT2D eigenvalue weighted by molar-refractivity contribution is 5.94. The molecular weight excluding hydrogens is 248 g/mol. The van der Waals surface area contributed by atoms with Crippen LogP contribution in [0, 0.1) is 13.8 Å². The lowest BCUT2D eigenvalue weighted by Crippen LogP contribution is -2.12. The fourth-order valence-electron chi connectivity index (χ4n) is 1.81. The summed E-state index contributed by atoms with van der Waals surface area (Å²) < 4.78 is 1.24. The van der Waals surface area contributed by atoms with Crippen LogP contribution >= 0.6 is 0 Å². The van der Waals surface area contributed by atoms with Crippen LogP contribution in [0.5, 0.6) is 0 Å². The molecule has 0 saturated heterocycles. The number of primary amides is 1. The maximum atomic E-state index is 11.3. The van der Waals surface area contributed by atoms with Gasteiger partial charge in [0.05, 0.1) is 11.8 Å². The molecule has 0 bridgehead atoms. The Morgan fingerprint density at radius 2 is 2.05 bits per heavy atom. The van der Waals surface area contributed by atoms with E-state index in [2.05, 4.69) is 10.1 Å². The van der Waals surface area contributed by atoms with Crippen LogP contribution in [-0.2, 0) is 0 Å². The van der Waals surface area contributed by atoms with Gasteiger partial charge in [-0.3, -0.25) is 4.79 Å². The van der Waals surface area contributed by atoms with Crippen molar-refractivity contribution in [2.75, 3.05) is 0 Å². The first-order valence-electron chi connectivity index (χ1n) is 5.46. The second-order valence-corrected chi connectivity index (χ2v) is 4.12. The summed E-state index contributed by atoms with van der Waals surface area (Å²) in [7, 11) is 0. The van der Waals surface area contributed by atoms with Crippen LogP contribution in [-0.4, -0.2) is 31.7 Å². The molecule has 0 aromatic carbocycles. The van der Waals surface area contributed by atoms with Gasteiger partial charge in [0.1, 0.15) is 5.56 Å². The van der Waals surface area contributed by atoms with E-state index in [1.165, 1.54) is 17.1 Å². The molecule has 1 amide bonds. The van der Waals surface area contributed by atoms with Crippen LogP contribution < -0.4 is 5.73 Å². The fraction of sp³-hybridized carbons (Fsp3) is 0.167. The number of aromatic nitrogens is 3. The summed E-state index contributed by atoms with van der Waals surface area (Å²) in [6, 6.07) is 1.67. The van der Waals surface area contributed by atoms with Gasteiger partial charge in [-0.1, -0.05) is 0 Å². The van der Waals surface area contributed by atoms with Crippen LogP contribution in [0.25, 0.3) is 5.82 Å². The summed E-state index contributed by atoms with van der Waals surface area (Å²) in [5, 5.41) is 13.2. The number of hydrogen-bond acceptors (Lipinski definition) is 4. The Hall–Kier alpha value is -2.70. The number of pyridine rings is 1. The minimum Gasteiger partial charge on any atom is -0.478 e. The van der Waals surface area contributed by atoms with Crippen LogP contribution in [0.3, 0.4) is 0 Å². The smallest absolute Gasteiger partial charge is 0.339 e. The van der Waals surface area contributed by atoms with E-state index in [4.69, 9.17) is 5.73 Å². The Balaban J connectivity index is 2.66. The lowest BCUT2D eigenvalue weighted by atomic mass is 10.1. The monoisotopic (exact) mass is 260 g/mol. The number of carbonyl (C=O) groups is 2. The average molecular weight is 260 g/mol. The van der Waals surface area contributed by atoms with E-state index in [0.717, 1.165) is 0 Å². The third kappa shape index (κ3) is 2.30. The number of hydrogen-bond donors (Lipinski definition) is 2. The molecule has 0 atom stereocenters. The number of carboxylic acid groups (broad SMARTS) is 1. The first-order chi connectivity index (χ1) is 8.90. The Bertz CT molecular complexity index is 676. The molecule has 7 heteroatoms. The van der Waals surface area contributed by atoms with Crippen molar-refractivity contribution in [1.82, 2.24) is 14.8 Å². The van der Waals surface area contributed by atoms with Crippen molar-refractivity contribution in [3.8, 4) is 5.82 Å². The third-order valence-corrected chi connectivity index (χ3v) is 2.62. The number of carboxylic acids is 1. The molecular formula is C12H12N4O3. The van der Waals surface area contributed by atoms with E-state index in [9.17, 15) is 14.7 Å². The van der Waals surface area contributed by atoms with Crippen molar-refractivity contribution >= 4 is 11.9 Å². The maximum Gasteiger partial charge on any atom is 0.339 e. The van der Waals surface area contributed by atoms with Crippen molar-refractivity contribution in [2.24, 2.45) is 5.73 Å². The quantitative estimate of drug-likeness (QED) is 0.842. The molecule has 98 valence electrons. The summed E-state index contributed by atoms with van der Waals surface area (Å²) in [6.45, 7) is 3.43. The standard InChI is InChI=1S/C12H12N4O3/c1-6-3-7(2)15-11(9(6)12(18)19)16-5-8(4-14-16)10(13)17/h3-5H,1-2H3,(H2,13,17)(H,18,19). The number of rotatable bonds is 3. The van der Waals surface area contributed by atoms with Crippen molar-refractivity contribution in [3.05, 3.63) is 40.8 Å². The Morgan fingerprint density at radius 1 is 1.37 bits per heavy atom. The molecule has 0 unspecified atom stereocenters. The second-order valence-electron chi connectivity index (χ2n) is 4.12. The molecule has 19 heavy (non-hydrogen) atoms. The second kappa shape index (κ2) is 4.52. The minimum atomic E-state index is -1.10. The van der Waals surface area contributed by atoms with Crippen molar-refractivity contribution in [1.29, 1.82) is 0 Å². The van der Waals surface area contributed by atoms with Gasteiger partial charge in [0.25, 0.3) is 5.91 Å². The summed E-state index contributed by atoms with van der Waals surface area (Å²) in [6.07, 6.45) is 2.63. The lowest BCUT2D eigenvalue weighted by Gasteiger charge is -2.09. The molecule has 0 radical (unpaired) electrons. The van der Waals surface area contributed by atoms with Crippen LogP contribution in [0.4, 0.5) is 0 Å².